The Morgan fingerprint density at radius 2 is 1.19 bits per heavy atom. The molecule has 2 heterocycles. The van der Waals surface area contributed by atoms with Crippen LogP contribution in [0.4, 0.5) is 4.79 Å². The highest BCUT2D eigenvalue weighted by atomic mass is 16.7. The minimum atomic E-state index is -1.58. The Bertz CT molecular complexity index is 1390. The molecule has 2 aliphatic heterocycles. The maximum absolute atomic E-state index is 13.0. The third-order valence-corrected chi connectivity index (χ3v) is 10.1. The van der Waals surface area contributed by atoms with Crippen molar-refractivity contribution in [1.82, 2.24) is 21.3 Å². The van der Waals surface area contributed by atoms with Crippen molar-refractivity contribution < 1.29 is 97.3 Å². The minimum Gasteiger partial charge on any atom is -0.459 e. The van der Waals surface area contributed by atoms with Crippen molar-refractivity contribution in [2.45, 2.75) is 125 Å². The average molecular weight is 914 g/mol. The molecule has 25 nitrogen and oxygen atoms in total. The lowest BCUT2D eigenvalue weighted by molar-refractivity contribution is -0.303. The van der Waals surface area contributed by atoms with Gasteiger partial charge in [0.1, 0.15) is 42.4 Å². The van der Waals surface area contributed by atoms with E-state index in [2.05, 4.69) is 21.3 Å². The van der Waals surface area contributed by atoms with Gasteiger partial charge in [0.15, 0.2) is 24.8 Å². The summed E-state index contributed by atoms with van der Waals surface area (Å²) in [6.45, 7) is 1.12. The lowest BCUT2D eigenvalue weighted by atomic mass is 9.82. The molecule has 0 bridgehead atoms. The zero-order valence-electron chi connectivity index (χ0n) is 35.8. The number of Topliss-reactive ketones (excluding diaryl/α,β-unsaturated/α-hetero) is 1. The molecule has 0 aromatic carbocycles. The Morgan fingerprint density at radius 3 is 1.71 bits per heavy atom. The molecule has 12 N–H and O–H groups in total. The molecule has 2 aliphatic rings. The van der Waals surface area contributed by atoms with E-state index in [1.165, 1.54) is 6.92 Å². The maximum Gasteiger partial charge on any atom is 0.404 e. The molecule has 0 aromatic heterocycles. The molecule has 11 atom stereocenters. The number of ether oxygens (including phenoxy) is 8. The van der Waals surface area contributed by atoms with E-state index in [0.29, 0.717) is 13.0 Å². The number of nitrogens with two attached hydrogens (primary N) is 1. The van der Waals surface area contributed by atoms with E-state index in [1.807, 2.05) is 0 Å². The Morgan fingerprint density at radius 1 is 0.667 bits per heavy atom. The number of hydrogen-bond donors (Lipinski definition) is 11. The summed E-state index contributed by atoms with van der Waals surface area (Å²) in [5, 5.41) is 71.3. The second-order valence-electron chi connectivity index (χ2n) is 14.9. The fourth-order valence-corrected chi connectivity index (χ4v) is 6.65. The Balaban J connectivity index is 1.80. The molecule has 0 radical (unpaired) electrons. The van der Waals surface area contributed by atoms with Gasteiger partial charge >= 0.3 is 6.09 Å². The molecule has 0 aliphatic carbocycles. The number of rotatable bonds is 33. The second-order valence-corrected chi connectivity index (χ2v) is 14.9. The number of primary amides is 1. The lowest BCUT2D eigenvalue weighted by Gasteiger charge is -2.40. The summed E-state index contributed by atoms with van der Waals surface area (Å²) in [4.78, 5) is 72.8. The third kappa shape index (κ3) is 20.3. The van der Waals surface area contributed by atoms with E-state index in [9.17, 15) is 59.4 Å². The van der Waals surface area contributed by atoms with E-state index in [-0.39, 0.29) is 128 Å². The van der Waals surface area contributed by atoms with Crippen LogP contribution in [0.3, 0.4) is 0 Å². The summed E-state index contributed by atoms with van der Waals surface area (Å²) in [5.41, 5.74) is 3.94. The van der Waals surface area contributed by atoms with Gasteiger partial charge in [0.25, 0.3) is 6.47 Å². The summed E-state index contributed by atoms with van der Waals surface area (Å²) >= 11 is 0. The van der Waals surface area contributed by atoms with Gasteiger partial charge in [-0.2, -0.15) is 0 Å². The zero-order chi connectivity index (χ0) is 46.8. The van der Waals surface area contributed by atoms with Gasteiger partial charge in [-0.25, -0.2) is 4.79 Å². The summed E-state index contributed by atoms with van der Waals surface area (Å²) in [6.07, 6.45) is -14.4. The fourth-order valence-electron chi connectivity index (χ4n) is 6.65. The first-order valence-electron chi connectivity index (χ1n) is 20.8. The third-order valence-electron chi connectivity index (χ3n) is 10.1. The summed E-state index contributed by atoms with van der Waals surface area (Å²) in [5.74, 6) is -1.19. The van der Waals surface area contributed by atoms with Crippen LogP contribution in [0.15, 0.2) is 0 Å². The first-order valence-corrected chi connectivity index (χ1v) is 20.8. The second kappa shape index (κ2) is 30.4. The highest BCUT2D eigenvalue weighted by molar-refractivity contribution is 5.80. The van der Waals surface area contributed by atoms with Crippen LogP contribution in [0.5, 0.6) is 0 Å². The van der Waals surface area contributed by atoms with E-state index >= 15 is 0 Å². The van der Waals surface area contributed by atoms with Crippen molar-refractivity contribution in [3.8, 4) is 0 Å². The molecular formula is C38H67N5O20. The molecule has 4 amide bonds. The van der Waals surface area contributed by atoms with E-state index in [4.69, 9.17) is 43.6 Å². The molecular weight excluding hydrogens is 846 g/mol. The van der Waals surface area contributed by atoms with Crippen molar-refractivity contribution in [3.05, 3.63) is 0 Å². The van der Waals surface area contributed by atoms with Crippen molar-refractivity contribution in [1.29, 1.82) is 0 Å². The topological polar surface area (TPSA) is 372 Å². The molecule has 0 aromatic rings. The van der Waals surface area contributed by atoms with Crippen LogP contribution in [0, 0.1) is 0 Å². The zero-order valence-corrected chi connectivity index (χ0v) is 35.8. The molecule has 2 saturated heterocycles. The number of aliphatic hydroxyl groups excluding tert-OH is 6. The molecule has 63 heavy (non-hydrogen) atoms. The number of amides is 4. The number of aliphatic hydroxyl groups is 6. The van der Waals surface area contributed by atoms with Crippen LogP contribution < -0.4 is 27.0 Å². The average Bonchev–Trinajstić information content (AvgIpc) is 3.25. The molecule has 2 fully saturated rings. The highest BCUT2D eigenvalue weighted by Crippen LogP contribution is 2.28. The molecule has 3 unspecified atom stereocenters. The standard InChI is InChI=1S/C38H67N5O20/c1-23(47)4-8-38(43-28(50)7-11-40-2,10-6-27(49)42-13-17-57-18-19-59-35-31(53)33(60-22-46)29(51)24(20-44)61-35)9-5-26(48)41-12-16-56-14-3-15-58-36-32(54)34(63-37(39)55)30(52)25(21-45)62-36/h22,24-25,29-36,40,44-45,51-54H,3-21H2,1-2H3,(H2,39,55)(H,41,48)(H,42,49)(H,43,50)/t24-,25-,29-,30-,31+,32+,33+,34+,35?,36?,38?/m1/s1. The number of nitrogens with one attached hydrogen (secondary N) is 4. The first kappa shape index (κ1) is 55.4. The van der Waals surface area contributed by atoms with Crippen LogP contribution in [0.1, 0.15) is 58.3 Å². The van der Waals surface area contributed by atoms with Crippen molar-refractivity contribution in [2.24, 2.45) is 5.73 Å². The van der Waals surface area contributed by atoms with Crippen LogP contribution in [-0.2, 0) is 61.9 Å². The van der Waals surface area contributed by atoms with Gasteiger partial charge in [-0.05, 0) is 39.7 Å². The lowest BCUT2D eigenvalue weighted by Crippen LogP contribution is -2.60. The molecule has 25 heteroatoms. The van der Waals surface area contributed by atoms with E-state index in [1.54, 1.807) is 7.05 Å². The molecule has 2 rings (SSSR count). The Kier molecular flexibility index (Phi) is 26.8. The predicted octanol–water partition coefficient (Wildman–Crippen LogP) is -5.05. The largest absolute Gasteiger partial charge is 0.459 e. The monoisotopic (exact) mass is 913 g/mol. The summed E-state index contributed by atoms with van der Waals surface area (Å²) < 4.78 is 42.1. The smallest absolute Gasteiger partial charge is 0.404 e. The van der Waals surface area contributed by atoms with Gasteiger partial charge in [0.05, 0.1) is 46.2 Å². The van der Waals surface area contributed by atoms with Crippen LogP contribution in [-0.4, -0.2) is 213 Å². The van der Waals surface area contributed by atoms with Crippen LogP contribution in [0.25, 0.3) is 0 Å². The highest BCUT2D eigenvalue weighted by Gasteiger charge is 2.48. The van der Waals surface area contributed by atoms with Gasteiger partial charge < -0.3 is 100 Å². The maximum atomic E-state index is 13.0. The van der Waals surface area contributed by atoms with Gasteiger partial charge in [-0.1, -0.05) is 0 Å². The van der Waals surface area contributed by atoms with Crippen LogP contribution >= 0.6 is 0 Å². The van der Waals surface area contributed by atoms with Gasteiger partial charge in [-0.15, -0.1) is 0 Å². The number of ketones is 1. The van der Waals surface area contributed by atoms with E-state index in [0.717, 1.165) is 0 Å². The van der Waals surface area contributed by atoms with Gasteiger partial charge in [0.2, 0.25) is 17.7 Å². The van der Waals surface area contributed by atoms with Gasteiger partial charge in [-0.3, -0.25) is 19.2 Å². The fraction of sp³-hybridized carbons (Fsp3) is 0.842. The van der Waals surface area contributed by atoms with E-state index < -0.39 is 86.3 Å². The van der Waals surface area contributed by atoms with Crippen molar-refractivity contribution >= 4 is 36.1 Å². The molecule has 364 valence electrons. The minimum absolute atomic E-state index is 0.00462. The molecule has 0 spiro atoms. The Hall–Kier alpha value is -3.70. The first-order chi connectivity index (χ1) is 30.1. The van der Waals surface area contributed by atoms with Crippen molar-refractivity contribution in [2.75, 3.05) is 79.5 Å². The normalized spacial score (nSPS) is 26.8. The number of hydrogen-bond acceptors (Lipinski definition) is 21. The number of carbonyl (C=O) groups excluding carboxylic acids is 6. The quantitative estimate of drug-likeness (QED) is 0.0217. The van der Waals surface area contributed by atoms with Gasteiger partial charge in [0, 0.05) is 57.5 Å². The summed E-state index contributed by atoms with van der Waals surface area (Å²) in [7, 11) is 1.69. The number of carbonyl (C=O) groups is 6. The SMILES string of the molecule is CNCCC(=O)NC(CCC(C)=O)(CCC(=O)NCCOCCCOC1O[C@H](CO)[C@@H](O)[C@H](OC(N)=O)[C@@H]1O)CCC(=O)NCCOCCOC1O[C@H](CO)[C@@H](O)[C@H](OC=O)[C@@H]1O. The van der Waals surface area contributed by atoms with Crippen molar-refractivity contribution in [3.63, 3.8) is 0 Å². The summed E-state index contributed by atoms with van der Waals surface area (Å²) in [6, 6.07) is 0. The predicted molar refractivity (Wildman–Crippen MR) is 213 cm³/mol. The molecule has 0 saturated carbocycles. The Labute approximate surface area is 364 Å². The van der Waals surface area contributed by atoms with Crippen LogP contribution in [0.2, 0.25) is 0 Å².